The number of aliphatic hydroxyl groups is 1. The number of furan rings is 1. The van der Waals surface area contributed by atoms with Crippen molar-refractivity contribution in [1.82, 2.24) is 4.90 Å². The number of carbonyl (C=O) groups is 3. The third kappa shape index (κ3) is 5.87. The van der Waals surface area contributed by atoms with Crippen LogP contribution in [0, 0.1) is 12.8 Å². The first kappa shape index (κ1) is 27.3. The van der Waals surface area contributed by atoms with E-state index >= 15 is 0 Å². The number of aliphatic hydroxyl groups excluding tert-OH is 1. The van der Waals surface area contributed by atoms with Crippen LogP contribution in [0.4, 0.5) is 4.79 Å². The van der Waals surface area contributed by atoms with Gasteiger partial charge in [0.1, 0.15) is 17.8 Å². The van der Waals surface area contributed by atoms with Gasteiger partial charge in [-0.05, 0) is 44.4 Å². The number of Topliss-reactive ketones (excluding diaryl/α,β-unsaturated/α-hetero) is 1. The van der Waals surface area contributed by atoms with Gasteiger partial charge in [-0.1, -0.05) is 60.2 Å². The molecule has 3 unspecified atom stereocenters. The Balaban J connectivity index is 1.54. The zero-order valence-electron chi connectivity index (χ0n) is 21.9. The van der Waals surface area contributed by atoms with Gasteiger partial charge in [0.25, 0.3) is 0 Å². The van der Waals surface area contributed by atoms with E-state index in [1.165, 1.54) is 6.92 Å². The molecule has 1 aromatic heterocycles. The molecule has 2 amide bonds. The van der Waals surface area contributed by atoms with Gasteiger partial charge >= 0.3 is 6.09 Å². The molecule has 8 nitrogen and oxygen atoms in total. The zero-order chi connectivity index (χ0) is 27.2. The molecule has 1 fully saturated rings. The minimum atomic E-state index is -1.14. The van der Waals surface area contributed by atoms with Crippen molar-refractivity contribution in [2.75, 3.05) is 19.8 Å². The second-order valence-corrected chi connectivity index (χ2v) is 9.51. The largest absolute Gasteiger partial charge is 0.457 e. The number of benzene rings is 2. The fourth-order valence-electron chi connectivity index (χ4n) is 4.67. The highest BCUT2D eigenvalue weighted by atomic mass is 16.6. The summed E-state index contributed by atoms with van der Waals surface area (Å²) in [5, 5.41) is 8.91. The van der Waals surface area contributed by atoms with E-state index < -0.39 is 35.8 Å². The lowest BCUT2D eigenvalue weighted by atomic mass is 9.98. The molecular formula is C30H33NO7. The predicted molar refractivity (Wildman–Crippen MR) is 141 cm³/mol. The van der Waals surface area contributed by atoms with Gasteiger partial charge in [-0.15, -0.1) is 0 Å². The first-order valence-corrected chi connectivity index (χ1v) is 12.8. The molecule has 1 aliphatic heterocycles. The summed E-state index contributed by atoms with van der Waals surface area (Å²) in [6, 6.07) is 18.2. The molecule has 1 aliphatic rings. The molecule has 3 atom stereocenters. The van der Waals surface area contributed by atoms with Crippen molar-refractivity contribution >= 4 is 17.8 Å². The van der Waals surface area contributed by atoms with Gasteiger partial charge in [0.15, 0.2) is 5.76 Å². The molecule has 200 valence electrons. The van der Waals surface area contributed by atoms with Crippen LogP contribution in [0.2, 0.25) is 0 Å². The molecular weight excluding hydrogens is 486 g/mol. The summed E-state index contributed by atoms with van der Waals surface area (Å²) in [5.41, 5.74) is 3.52. The van der Waals surface area contributed by atoms with Crippen molar-refractivity contribution in [2.45, 2.75) is 45.8 Å². The molecule has 1 saturated heterocycles. The van der Waals surface area contributed by atoms with Crippen LogP contribution in [-0.2, 0) is 20.7 Å². The normalized spacial score (nSPS) is 17.9. The van der Waals surface area contributed by atoms with E-state index in [2.05, 4.69) is 0 Å². The number of ketones is 1. The lowest BCUT2D eigenvalue weighted by molar-refractivity contribution is -0.131. The first-order valence-electron chi connectivity index (χ1n) is 12.8. The zero-order valence-corrected chi connectivity index (χ0v) is 21.9. The molecule has 0 bridgehead atoms. The van der Waals surface area contributed by atoms with Crippen LogP contribution >= 0.6 is 0 Å². The Kier molecular flexibility index (Phi) is 8.76. The minimum Gasteiger partial charge on any atom is -0.457 e. The molecule has 38 heavy (non-hydrogen) atoms. The Labute approximate surface area is 222 Å². The third-order valence-corrected chi connectivity index (χ3v) is 6.71. The van der Waals surface area contributed by atoms with Gasteiger partial charge in [0.05, 0.1) is 19.3 Å². The Hall–Kier alpha value is -3.75. The van der Waals surface area contributed by atoms with Gasteiger partial charge in [-0.2, -0.15) is 0 Å². The number of carbonyl (C=O) groups excluding carboxylic acids is 3. The number of cyclic esters (lactones) is 1. The lowest BCUT2D eigenvalue weighted by Gasteiger charge is -2.21. The number of rotatable bonds is 11. The van der Waals surface area contributed by atoms with Crippen molar-refractivity contribution in [3.63, 3.8) is 0 Å². The van der Waals surface area contributed by atoms with E-state index in [4.69, 9.17) is 19.0 Å². The van der Waals surface area contributed by atoms with Gasteiger partial charge in [0, 0.05) is 18.6 Å². The molecule has 3 aromatic rings. The lowest BCUT2D eigenvalue weighted by Crippen LogP contribution is -2.43. The van der Waals surface area contributed by atoms with Crippen molar-refractivity contribution in [1.29, 1.82) is 0 Å². The van der Waals surface area contributed by atoms with Crippen LogP contribution in [0.1, 0.15) is 53.8 Å². The maximum atomic E-state index is 13.4. The maximum Gasteiger partial charge on any atom is 0.417 e. The smallest absolute Gasteiger partial charge is 0.417 e. The molecule has 0 spiro atoms. The molecule has 1 N–H and O–H groups in total. The van der Waals surface area contributed by atoms with Gasteiger partial charge in [-0.25, -0.2) is 9.69 Å². The standard InChI is InChI=1S/C30H33NO7/c1-19-9-7-12-23(17-19)24-18-26(37-25(24)13-8-15-36-16-14-32)27(33)20(2)29(34)31-21(3)28(38-30(31)35)22-10-5-4-6-11-22/h4-7,9-12,17-18,20-21,28,32H,8,13-16H2,1-3H3. The Morgan fingerprint density at radius 1 is 1.08 bits per heavy atom. The van der Waals surface area contributed by atoms with Crippen LogP contribution < -0.4 is 0 Å². The Bertz CT molecular complexity index is 1280. The van der Waals surface area contributed by atoms with E-state index in [1.807, 2.05) is 61.5 Å². The summed E-state index contributed by atoms with van der Waals surface area (Å²) >= 11 is 0. The predicted octanol–water partition coefficient (Wildman–Crippen LogP) is 5.12. The average molecular weight is 520 g/mol. The molecule has 2 heterocycles. The minimum absolute atomic E-state index is 0.0465. The second kappa shape index (κ2) is 12.2. The number of amides is 2. The molecule has 0 radical (unpaired) electrons. The van der Waals surface area contributed by atoms with E-state index in [1.54, 1.807) is 13.0 Å². The van der Waals surface area contributed by atoms with Crippen LogP contribution in [0.5, 0.6) is 0 Å². The summed E-state index contributed by atoms with van der Waals surface area (Å²) in [6.07, 6.45) is -0.226. The fourth-order valence-corrected chi connectivity index (χ4v) is 4.67. The Morgan fingerprint density at radius 3 is 2.55 bits per heavy atom. The summed E-state index contributed by atoms with van der Waals surface area (Å²) in [6.45, 7) is 5.85. The van der Waals surface area contributed by atoms with Gasteiger partial charge in [0.2, 0.25) is 11.7 Å². The monoisotopic (exact) mass is 519 g/mol. The summed E-state index contributed by atoms with van der Waals surface area (Å²) in [4.78, 5) is 40.5. The van der Waals surface area contributed by atoms with Gasteiger partial charge < -0.3 is 19.0 Å². The number of nitrogens with zero attached hydrogens (tertiary/aromatic N) is 1. The molecule has 0 saturated carbocycles. The van der Waals surface area contributed by atoms with E-state index in [-0.39, 0.29) is 19.0 Å². The van der Waals surface area contributed by atoms with Crippen LogP contribution in [0.25, 0.3) is 11.1 Å². The summed E-state index contributed by atoms with van der Waals surface area (Å²) in [5.74, 6) is -1.59. The highest BCUT2D eigenvalue weighted by Gasteiger charge is 2.46. The van der Waals surface area contributed by atoms with Crippen molar-refractivity contribution in [2.24, 2.45) is 5.92 Å². The number of hydrogen-bond acceptors (Lipinski definition) is 7. The summed E-state index contributed by atoms with van der Waals surface area (Å²) < 4.78 is 16.9. The summed E-state index contributed by atoms with van der Waals surface area (Å²) in [7, 11) is 0. The van der Waals surface area contributed by atoms with Crippen molar-refractivity contribution < 1.29 is 33.4 Å². The van der Waals surface area contributed by atoms with Crippen LogP contribution in [-0.4, -0.2) is 53.7 Å². The van der Waals surface area contributed by atoms with Crippen LogP contribution in [0.3, 0.4) is 0 Å². The Morgan fingerprint density at radius 2 is 1.84 bits per heavy atom. The van der Waals surface area contributed by atoms with E-state index in [0.717, 1.165) is 27.2 Å². The molecule has 8 heteroatoms. The average Bonchev–Trinajstić information content (AvgIpc) is 3.48. The highest BCUT2D eigenvalue weighted by Crippen LogP contribution is 2.34. The molecule has 0 aliphatic carbocycles. The van der Waals surface area contributed by atoms with Crippen molar-refractivity contribution in [3.05, 3.63) is 83.3 Å². The number of ether oxygens (including phenoxy) is 2. The molecule has 2 aromatic carbocycles. The van der Waals surface area contributed by atoms with E-state index in [0.29, 0.717) is 25.2 Å². The fraction of sp³-hybridized carbons (Fsp3) is 0.367. The maximum absolute atomic E-state index is 13.4. The van der Waals surface area contributed by atoms with Crippen LogP contribution in [0.15, 0.2) is 65.1 Å². The van der Waals surface area contributed by atoms with Crippen molar-refractivity contribution in [3.8, 4) is 11.1 Å². The second-order valence-electron chi connectivity index (χ2n) is 9.51. The number of hydrogen-bond donors (Lipinski definition) is 1. The number of aryl methyl sites for hydroxylation is 2. The first-order chi connectivity index (χ1) is 18.3. The molecule has 4 rings (SSSR count). The van der Waals surface area contributed by atoms with Gasteiger partial charge in [-0.3, -0.25) is 9.59 Å². The highest BCUT2D eigenvalue weighted by molar-refractivity contribution is 6.12. The van der Waals surface area contributed by atoms with E-state index in [9.17, 15) is 14.4 Å². The third-order valence-electron chi connectivity index (χ3n) is 6.71. The SMILES string of the molecule is Cc1cccc(-c2cc(C(=O)C(C)C(=O)N3C(=O)OC(c4ccccc4)C3C)oc2CCCOCCO)c1. The quantitative estimate of drug-likeness (QED) is 0.213. The topological polar surface area (TPSA) is 106 Å². The number of imide groups is 1.